The zero-order valence-electron chi connectivity index (χ0n) is 14.4. The number of likely N-dealkylation sites (tertiary alicyclic amines) is 1. The van der Waals surface area contributed by atoms with Gasteiger partial charge in [-0.15, -0.1) is 0 Å². The Kier molecular flexibility index (Phi) is 7.63. The number of likely N-dealkylation sites (N-methyl/N-ethyl adjacent to an activating group) is 3. The van der Waals surface area contributed by atoms with Gasteiger partial charge in [0.1, 0.15) is 5.54 Å². The fourth-order valence-electron chi connectivity index (χ4n) is 3.02. The molecule has 0 bridgehead atoms. The second kappa shape index (κ2) is 8.71. The highest BCUT2D eigenvalue weighted by Gasteiger charge is 2.34. The Balaban J connectivity index is 2.46. The van der Waals surface area contributed by atoms with Crippen LogP contribution in [0, 0.1) is 0 Å². The highest BCUT2D eigenvalue weighted by molar-refractivity contribution is 5.80. The van der Waals surface area contributed by atoms with Gasteiger partial charge in [0.2, 0.25) is 0 Å². The summed E-state index contributed by atoms with van der Waals surface area (Å²) in [4.78, 5) is 16.9. The molecule has 2 atom stereocenters. The van der Waals surface area contributed by atoms with Gasteiger partial charge in [0.15, 0.2) is 0 Å². The van der Waals surface area contributed by atoms with Crippen molar-refractivity contribution in [1.82, 2.24) is 15.1 Å². The molecule has 1 aliphatic rings. The van der Waals surface area contributed by atoms with Gasteiger partial charge in [-0.05, 0) is 60.3 Å². The SMILES string of the molecule is CCNC(C)(CCN(C)CC1CCCN1C)C(=O)OCC. The molecule has 1 fully saturated rings. The third-order valence-electron chi connectivity index (χ3n) is 4.48. The second-order valence-corrected chi connectivity index (χ2v) is 6.37. The topological polar surface area (TPSA) is 44.8 Å². The van der Waals surface area contributed by atoms with E-state index in [9.17, 15) is 4.79 Å². The normalized spacial score (nSPS) is 22.5. The molecule has 5 heteroatoms. The number of nitrogens with one attached hydrogen (secondary N) is 1. The Labute approximate surface area is 130 Å². The van der Waals surface area contributed by atoms with Crippen LogP contribution in [-0.4, -0.2) is 74.2 Å². The molecule has 1 saturated heterocycles. The number of carbonyl (C=O) groups excluding carboxylic acids is 1. The van der Waals surface area contributed by atoms with Gasteiger partial charge in [0.05, 0.1) is 6.61 Å². The highest BCUT2D eigenvalue weighted by atomic mass is 16.5. The van der Waals surface area contributed by atoms with Crippen LogP contribution < -0.4 is 5.32 Å². The van der Waals surface area contributed by atoms with Crippen LogP contribution in [0.15, 0.2) is 0 Å². The predicted molar refractivity (Wildman–Crippen MR) is 86.5 cm³/mol. The van der Waals surface area contributed by atoms with E-state index in [4.69, 9.17) is 4.74 Å². The van der Waals surface area contributed by atoms with E-state index in [0.29, 0.717) is 12.6 Å². The Morgan fingerprint density at radius 3 is 2.71 bits per heavy atom. The Morgan fingerprint density at radius 1 is 1.48 bits per heavy atom. The zero-order chi connectivity index (χ0) is 15.9. The number of esters is 1. The van der Waals surface area contributed by atoms with Crippen molar-refractivity contribution >= 4 is 5.97 Å². The molecule has 5 nitrogen and oxygen atoms in total. The van der Waals surface area contributed by atoms with Gasteiger partial charge < -0.3 is 19.9 Å². The minimum absolute atomic E-state index is 0.141. The number of rotatable bonds is 9. The summed E-state index contributed by atoms with van der Waals surface area (Å²) in [5, 5.41) is 3.29. The molecule has 0 amide bonds. The quantitative estimate of drug-likeness (QED) is 0.651. The van der Waals surface area contributed by atoms with Crippen molar-refractivity contribution in [2.24, 2.45) is 0 Å². The van der Waals surface area contributed by atoms with E-state index in [2.05, 4.69) is 29.2 Å². The molecule has 0 aromatic heterocycles. The van der Waals surface area contributed by atoms with E-state index in [1.807, 2.05) is 20.8 Å². The van der Waals surface area contributed by atoms with Crippen molar-refractivity contribution in [2.75, 3.05) is 46.9 Å². The van der Waals surface area contributed by atoms with Gasteiger partial charge in [-0.3, -0.25) is 4.79 Å². The smallest absolute Gasteiger partial charge is 0.326 e. The van der Waals surface area contributed by atoms with Gasteiger partial charge in [0.25, 0.3) is 0 Å². The summed E-state index contributed by atoms with van der Waals surface area (Å²) < 4.78 is 5.21. The van der Waals surface area contributed by atoms with Crippen LogP contribution >= 0.6 is 0 Å². The summed E-state index contributed by atoms with van der Waals surface area (Å²) >= 11 is 0. The molecule has 1 heterocycles. The van der Waals surface area contributed by atoms with Crippen LogP contribution in [0.1, 0.15) is 40.0 Å². The third-order valence-corrected chi connectivity index (χ3v) is 4.48. The third kappa shape index (κ3) is 5.57. The minimum atomic E-state index is -0.583. The predicted octanol–water partition coefficient (Wildman–Crippen LogP) is 1.33. The Morgan fingerprint density at radius 2 is 2.19 bits per heavy atom. The maximum Gasteiger partial charge on any atom is 0.326 e. The Bertz CT molecular complexity index is 325. The van der Waals surface area contributed by atoms with Crippen LogP contribution in [-0.2, 0) is 9.53 Å². The fraction of sp³-hybridized carbons (Fsp3) is 0.938. The number of hydrogen-bond donors (Lipinski definition) is 1. The largest absolute Gasteiger partial charge is 0.465 e. The zero-order valence-corrected chi connectivity index (χ0v) is 14.4. The first-order valence-corrected chi connectivity index (χ1v) is 8.24. The molecule has 0 aromatic carbocycles. The molecular formula is C16H33N3O2. The maximum atomic E-state index is 12.2. The molecule has 0 aromatic rings. The van der Waals surface area contributed by atoms with Crippen molar-refractivity contribution in [3.8, 4) is 0 Å². The van der Waals surface area contributed by atoms with Crippen LogP contribution in [0.3, 0.4) is 0 Å². The van der Waals surface area contributed by atoms with Crippen LogP contribution in [0.25, 0.3) is 0 Å². The summed E-state index contributed by atoms with van der Waals surface area (Å²) in [6, 6.07) is 0.656. The van der Waals surface area contributed by atoms with Crippen molar-refractivity contribution in [1.29, 1.82) is 0 Å². The molecule has 1 N–H and O–H groups in total. The van der Waals surface area contributed by atoms with Gasteiger partial charge in [-0.1, -0.05) is 6.92 Å². The van der Waals surface area contributed by atoms with E-state index in [0.717, 1.165) is 26.1 Å². The molecule has 0 saturated carbocycles. The molecule has 0 radical (unpaired) electrons. The molecular weight excluding hydrogens is 266 g/mol. The number of ether oxygens (including phenoxy) is 1. The molecule has 124 valence electrons. The van der Waals surface area contributed by atoms with Crippen LogP contribution in [0.2, 0.25) is 0 Å². The second-order valence-electron chi connectivity index (χ2n) is 6.37. The number of hydrogen-bond acceptors (Lipinski definition) is 5. The van der Waals surface area contributed by atoms with E-state index >= 15 is 0 Å². The Hall–Kier alpha value is -0.650. The van der Waals surface area contributed by atoms with Crippen molar-refractivity contribution in [3.05, 3.63) is 0 Å². The van der Waals surface area contributed by atoms with E-state index in [-0.39, 0.29) is 5.97 Å². The monoisotopic (exact) mass is 299 g/mol. The lowest BCUT2D eigenvalue weighted by Crippen LogP contribution is -2.52. The lowest BCUT2D eigenvalue weighted by Gasteiger charge is -2.31. The molecule has 0 aliphatic carbocycles. The van der Waals surface area contributed by atoms with Crippen LogP contribution in [0.4, 0.5) is 0 Å². The number of carbonyl (C=O) groups is 1. The average Bonchev–Trinajstić information content (AvgIpc) is 2.83. The van der Waals surface area contributed by atoms with Gasteiger partial charge >= 0.3 is 5.97 Å². The standard InChI is InChI=1S/C16H33N3O2/c1-6-17-16(3,15(20)21-7-2)10-12-18(4)13-14-9-8-11-19(14)5/h14,17H,6-13H2,1-5H3. The van der Waals surface area contributed by atoms with E-state index in [1.165, 1.54) is 19.4 Å². The lowest BCUT2D eigenvalue weighted by molar-refractivity contribution is -0.151. The molecule has 21 heavy (non-hydrogen) atoms. The summed E-state index contributed by atoms with van der Waals surface area (Å²) in [6.07, 6.45) is 3.35. The molecule has 2 unspecified atom stereocenters. The fourth-order valence-corrected chi connectivity index (χ4v) is 3.02. The average molecular weight is 299 g/mol. The van der Waals surface area contributed by atoms with Gasteiger partial charge in [-0.25, -0.2) is 0 Å². The van der Waals surface area contributed by atoms with Crippen LogP contribution in [0.5, 0.6) is 0 Å². The first-order chi connectivity index (χ1) is 9.92. The summed E-state index contributed by atoms with van der Waals surface area (Å²) in [5.41, 5.74) is -0.583. The van der Waals surface area contributed by atoms with Gasteiger partial charge in [0, 0.05) is 19.1 Å². The highest BCUT2D eigenvalue weighted by Crippen LogP contribution is 2.17. The molecule has 1 aliphatic heterocycles. The summed E-state index contributed by atoms with van der Waals surface area (Å²) in [5.74, 6) is -0.141. The maximum absolute atomic E-state index is 12.2. The first-order valence-electron chi connectivity index (χ1n) is 8.24. The van der Waals surface area contributed by atoms with E-state index < -0.39 is 5.54 Å². The van der Waals surface area contributed by atoms with Crippen molar-refractivity contribution in [3.63, 3.8) is 0 Å². The summed E-state index contributed by atoms with van der Waals surface area (Å²) in [7, 11) is 4.34. The molecule has 0 spiro atoms. The van der Waals surface area contributed by atoms with Crippen molar-refractivity contribution in [2.45, 2.75) is 51.6 Å². The van der Waals surface area contributed by atoms with Crippen molar-refractivity contribution < 1.29 is 9.53 Å². The summed E-state index contributed by atoms with van der Waals surface area (Å²) in [6.45, 7) is 10.2. The van der Waals surface area contributed by atoms with E-state index in [1.54, 1.807) is 0 Å². The van der Waals surface area contributed by atoms with Gasteiger partial charge in [-0.2, -0.15) is 0 Å². The number of nitrogens with zero attached hydrogens (tertiary/aromatic N) is 2. The lowest BCUT2D eigenvalue weighted by atomic mass is 9.97. The minimum Gasteiger partial charge on any atom is -0.465 e. The molecule has 1 rings (SSSR count). The first kappa shape index (κ1) is 18.4.